The molecule has 4 nitrogen and oxygen atoms in total. The molecule has 0 amide bonds. The fourth-order valence-electron chi connectivity index (χ4n) is 2.19. The van der Waals surface area contributed by atoms with Crippen molar-refractivity contribution >= 4 is 5.97 Å². The molecule has 0 aliphatic carbocycles. The third kappa shape index (κ3) is 3.47. The van der Waals surface area contributed by atoms with Crippen LogP contribution in [0, 0.1) is 5.92 Å². The van der Waals surface area contributed by atoms with Crippen molar-refractivity contribution < 1.29 is 19.5 Å². The summed E-state index contributed by atoms with van der Waals surface area (Å²) >= 11 is 0. The van der Waals surface area contributed by atoms with Gasteiger partial charge in [0, 0.05) is 0 Å². The molecule has 1 fully saturated rings. The van der Waals surface area contributed by atoms with Gasteiger partial charge in [0.15, 0.2) is 0 Å². The molecule has 1 N–H and O–H groups in total. The highest BCUT2D eigenvalue weighted by atomic mass is 16.5. The molecule has 1 aromatic rings. The topological polar surface area (TPSA) is 53.8 Å². The number of likely N-dealkylation sites (tertiary alicyclic amines) is 1. The van der Waals surface area contributed by atoms with Crippen LogP contribution in [0.2, 0.25) is 0 Å². The molecule has 0 radical (unpaired) electrons. The maximum absolute atomic E-state index is 10.6. The Kier molecular flexibility index (Phi) is 4.20. The van der Waals surface area contributed by atoms with E-state index in [4.69, 9.17) is 4.74 Å². The smallest absolute Gasteiger partial charge is 0.222 e. The van der Waals surface area contributed by atoms with Crippen LogP contribution in [0.25, 0.3) is 0 Å². The normalized spacial score (nSPS) is 23.6. The minimum atomic E-state index is -1.16. The summed E-state index contributed by atoms with van der Waals surface area (Å²) in [6.45, 7) is 5.24. The van der Waals surface area contributed by atoms with Crippen molar-refractivity contribution in [2.24, 2.45) is 5.92 Å². The van der Waals surface area contributed by atoms with E-state index < -0.39 is 5.97 Å². The highest BCUT2D eigenvalue weighted by Gasteiger charge is 2.18. The van der Waals surface area contributed by atoms with Gasteiger partial charge in [0.05, 0.1) is 19.1 Å². The first-order valence-corrected chi connectivity index (χ1v) is 6.43. The van der Waals surface area contributed by atoms with Gasteiger partial charge in [-0.3, -0.25) is 0 Å². The van der Waals surface area contributed by atoms with E-state index >= 15 is 0 Å². The van der Waals surface area contributed by atoms with Gasteiger partial charge < -0.3 is 19.5 Å². The molecular formula is C14H19NO3. The molecule has 0 saturated carbocycles. The van der Waals surface area contributed by atoms with E-state index in [0.29, 0.717) is 12.5 Å². The first-order valence-electron chi connectivity index (χ1n) is 6.43. The number of hydrogen-bond acceptors (Lipinski definition) is 3. The Hall–Kier alpha value is -1.55. The number of benzene rings is 1. The molecule has 0 bridgehead atoms. The second-order valence-electron chi connectivity index (χ2n) is 5.03. The molecule has 1 aromatic carbocycles. The third-order valence-electron chi connectivity index (χ3n) is 3.51. The Bertz CT molecular complexity index is 394. The summed E-state index contributed by atoms with van der Waals surface area (Å²) in [7, 11) is 0. The van der Waals surface area contributed by atoms with Gasteiger partial charge >= 0.3 is 0 Å². The molecule has 0 unspecified atom stereocenters. The number of rotatable bonds is 4. The van der Waals surface area contributed by atoms with Crippen molar-refractivity contribution in [2.75, 3.05) is 19.8 Å². The van der Waals surface area contributed by atoms with E-state index in [1.54, 1.807) is 12.1 Å². The maximum atomic E-state index is 10.6. The monoisotopic (exact) mass is 249 g/mol. The number of carboxylic acid groups (broad SMARTS) is 1. The number of aromatic carboxylic acids is 1. The number of hydrogen-bond donors (Lipinski definition) is 1. The number of piperidine rings is 1. The van der Waals surface area contributed by atoms with Crippen molar-refractivity contribution in [2.45, 2.75) is 19.8 Å². The number of carbonyl (C=O) groups excluding carboxylic acids is 1. The van der Waals surface area contributed by atoms with Crippen LogP contribution in [-0.4, -0.2) is 25.8 Å². The van der Waals surface area contributed by atoms with Crippen LogP contribution in [0.1, 0.15) is 30.1 Å². The zero-order chi connectivity index (χ0) is 13.0. The summed E-state index contributed by atoms with van der Waals surface area (Å²) in [4.78, 5) is 12.0. The van der Waals surface area contributed by atoms with Crippen molar-refractivity contribution in [3.05, 3.63) is 29.8 Å². The summed E-state index contributed by atoms with van der Waals surface area (Å²) in [6.07, 6.45) is 2.50. The SMILES string of the molecule is CC1CC[NH+](COc2ccc(C(=O)[O-])cc2)CC1. The van der Waals surface area contributed by atoms with E-state index in [1.807, 2.05) is 0 Å². The Morgan fingerprint density at radius 3 is 2.50 bits per heavy atom. The van der Waals surface area contributed by atoms with Crippen LogP contribution >= 0.6 is 0 Å². The molecular weight excluding hydrogens is 230 g/mol. The van der Waals surface area contributed by atoms with E-state index in [0.717, 1.165) is 19.0 Å². The summed E-state index contributed by atoms with van der Waals surface area (Å²) < 4.78 is 5.67. The molecule has 2 rings (SSSR count). The Labute approximate surface area is 107 Å². The van der Waals surface area contributed by atoms with Crippen LogP contribution in [0.5, 0.6) is 5.75 Å². The van der Waals surface area contributed by atoms with Gasteiger partial charge in [-0.1, -0.05) is 6.92 Å². The molecule has 0 atom stereocenters. The molecule has 98 valence electrons. The fraction of sp³-hybridized carbons (Fsp3) is 0.500. The third-order valence-corrected chi connectivity index (χ3v) is 3.51. The number of quaternary nitrogens is 1. The van der Waals surface area contributed by atoms with Crippen molar-refractivity contribution in [1.29, 1.82) is 0 Å². The van der Waals surface area contributed by atoms with Gasteiger partial charge in [-0.05, 0) is 48.6 Å². The lowest BCUT2D eigenvalue weighted by Crippen LogP contribution is -3.13. The molecule has 1 aliphatic heterocycles. The highest BCUT2D eigenvalue weighted by molar-refractivity contribution is 5.85. The molecule has 0 spiro atoms. The van der Waals surface area contributed by atoms with Gasteiger partial charge in [0.2, 0.25) is 6.73 Å². The van der Waals surface area contributed by atoms with E-state index in [2.05, 4.69) is 6.92 Å². The predicted molar refractivity (Wildman–Crippen MR) is 65.4 cm³/mol. The number of carboxylic acids is 1. The van der Waals surface area contributed by atoms with Crippen LogP contribution in [0.3, 0.4) is 0 Å². The van der Waals surface area contributed by atoms with Gasteiger partial charge in [-0.2, -0.15) is 0 Å². The van der Waals surface area contributed by atoms with Gasteiger partial charge in [-0.25, -0.2) is 0 Å². The Balaban J connectivity index is 1.81. The molecule has 18 heavy (non-hydrogen) atoms. The van der Waals surface area contributed by atoms with Gasteiger partial charge in [0.25, 0.3) is 0 Å². The van der Waals surface area contributed by atoms with E-state index in [-0.39, 0.29) is 5.56 Å². The minimum Gasteiger partial charge on any atom is -0.545 e. The predicted octanol–water partition coefficient (Wildman–Crippen LogP) is -0.299. The summed E-state index contributed by atoms with van der Waals surface area (Å²) in [5.41, 5.74) is 0.182. The fourth-order valence-corrected chi connectivity index (χ4v) is 2.19. The quantitative estimate of drug-likeness (QED) is 0.797. The number of carbonyl (C=O) groups is 1. The van der Waals surface area contributed by atoms with E-state index in [9.17, 15) is 9.90 Å². The lowest BCUT2D eigenvalue weighted by molar-refractivity contribution is -0.921. The Morgan fingerprint density at radius 2 is 1.94 bits per heavy atom. The average Bonchev–Trinajstić information content (AvgIpc) is 2.38. The molecule has 1 heterocycles. The second kappa shape index (κ2) is 5.87. The first-order chi connectivity index (χ1) is 8.65. The maximum Gasteiger partial charge on any atom is 0.222 e. The molecule has 1 aliphatic rings. The van der Waals surface area contributed by atoms with Gasteiger partial charge in [-0.15, -0.1) is 0 Å². The highest BCUT2D eigenvalue weighted by Crippen LogP contribution is 2.11. The van der Waals surface area contributed by atoms with E-state index in [1.165, 1.54) is 29.9 Å². The lowest BCUT2D eigenvalue weighted by atomic mass is 10.00. The van der Waals surface area contributed by atoms with Crippen molar-refractivity contribution in [3.63, 3.8) is 0 Å². The summed E-state index contributed by atoms with van der Waals surface area (Å²) in [5.74, 6) is 0.388. The van der Waals surface area contributed by atoms with Gasteiger partial charge in [0.1, 0.15) is 5.75 Å². The van der Waals surface area contributed by atoms with Crippen molar-refractivity contribution in [1.82, 2.24) is 0 Å². The zero-order valence-electron chi connectivity index (χ0n) is 10.6. The second-order valence-corrected chi connectivity index (χ2v) is 5.03. The molecule has 4 heteroatoms. The Morgan fingerprint density at radius 1 is 1.33 bits per heavy atom. The first kappa shape index (κ1) is 12.9. The minimum absolute atomic E-state index is 0.182. The van der Waals surface area contributed by atoms with Crippen LogP contribution in [-0.2, 0) is 0 Å². The van der Waals surface area contributed by atoms with Crippen molar-refractivity contribution in [3.8, 4) is 5.75 Å². The summed E-state index contributed by atoms with van der Waals surface area (Å²) in [5, 5.41) is 10.6. The summed E-state index contributed by atoms with van der Waals surface area (Å²) in [6, 6.07) is 6.38. The molecule has 0 aromatic heterocycles. The average molecular weight is 249 g/mol. The largest absolute Gasteiger partial charge is 0.545 e. The number of ether oxygens (including phenoxy) is 1. The molecule has 1 saturated heterocycles. The van der Waals surface area contributed by atoms with Crippen LogP contribution in [0.15, 0.2) is 24.3 Å². The standard InChI is InChI=1S/C14H19NO3/c1-11-6-8-15(9-7-11)10-18-13-4-2-12(3-5-13)14(16)17/h2-5,11H,6-10H2,1H3,(H,16,17). The number of nitrogens with one attached hydrogen (secondary N) is 1. The lowest BCUT2D eigenvalue weighted by Gasteiger charge is -2.26. The van der Waals surface area contributed by atoms with Crippen LogP contribution in [0.4, 0.5) is 0 Å². The van der Waals surface area contributed by atoms with Crippen LogP contribution < -0.4 is 14.7 Å². The zero-order valence-corrected chi connectivity index (χ0v) is 10.6.